The minimum Gasteiger partial charge on any atom is -0.489 e. The lowest BCUT2D eigenvalue weighted by Crippen LogP contribution is -2.22. The second kappa shape index (κ2) is 9.27. The van der Waals surface area contributed by atoms with Crippen LogP contribution in [0.1, 0.15) is 17.3 Å². The second-order valence-corrected chi connectivity index (χ2v) is 5.84. The average Bonchev–Trinajstić information content (AvgIpc) is 2.64. The van der Waals surface area contributed by atoms with Crippen LogP contribution < -0.4 is 20.7 Å². The Kier molecular flexibility index (Phi) is 6.79. The fourth-order valence-corrected chi connectivity index (χ4v) is 2.17. The van der Waals surface area contributed by atoms with Crippen molar-refractivity contribution >= 4 is 23.2 Å². The Balaban J connectivity index is 1.90. The molecule has 3 N–H and O–H groups in total. The van der Waals surface area contributed by atoms with Gasteiger partial charge in [-0.1, -0.05) is 18.7 Å². The molecule has 2 aromatic carbocycles. The maximum absolute atomic E-state index is 12.1. The average molecular weight is 353 g/mol. The van der Waals surface area contributed by atoms with Gasteiger partial charge in [0.2, 0.25) is 5.91 Å². The number of hydrogen-bond acceptors (Lipinski definition) is 4. The van der Waals surface area contributed by atoms with E-state index in [0.717, 1.165) is 5.57 Å². The van der Waals surface area contributed by atoms with Crippen molar-refractivity contribution < 1.29 is 14.3 Å². The summed E-state index contributed by atoms with van der Waals surface area (Å²) < 4.78 is 5.56. The van der Waals surface area contributed by atoms with Crippen molar-refractivity contribution in [3.05, 3.63) is 66.2 Å². The maximum atomic E-state index is 12.1. The first kappa shape index (κ1) is 19.1. The molecule has 0 saturated heterocycles. The molecule has 0 aliphatic carbocycles. The summed E-state index contributed by atoms with van der Waals surface area (Å²) in [5.74, 6) is 0.286. The molecule has 0 fully saturated rings. The third kappa shape index (κ3) is 5.98. The highest BCUT2D eigenvalue weighted by molar-refractivity contribution is 5.96. The summed E-state index contributed by atoms with van der Waals surface area (Å²) in [5, 5.41) is 8.37. The molecule has 6 nitrogen and oxygen atoms in total. The normalized spacial score (nSPS) is 9.92. The van der Waals surface area contributed by atoms with Crippen LogP contribution in [0.25, 0.3) is 0 Å². The Morgan fingerprint density at radius 2 is 1.81 bits per heavy atom. The van der Waals surface area contributed by atoms with Crippen LogP contribution in [0.3, 0.4) is 0 Å². The monoisotopic (exact) mass is 353 g/mol. The molecule has 0 saturated carbocycles. The predicted molar refractivity (Wildman–Crippen MR) is 104 cm³/mol. The molecule has 0 atom stereocenters. The molecule has 26 heavy (non-hydrogen) atoms. The van der Waals surface area contributed by atoms with E-state index in [-0.39, 0.29) is 18.4 Å². The predicted octanol–water partition coefficient (Wildman–Crippen LogP) is 3.05. The molecule has 0 aliphatic rings. The largest absolute Gasteiger partial charge is 0.489 e. The summed E-state index contributed by atoms with van der Waals surface area (Å²) in [4.78, 5) is 23.8. The Hall–Kier alpha value is -3.28. The van der Waals surface area contributed by atoms with Gasteiger partial charge < -0.3 is 20.7 Å². The molecule has 2 amide bonds. The fourth-order valence-electron chi connectivity index (χ4n) is 2.17. The Morgan fingerprint density at radius 1 is 1.08 bits per heavy atom. The molecule has 2 rings (SSSR count). The van der Waals surface area contributed by atoms with Crippen molar-refractivity contribution in [3.8, 4) is 5.75 Å². The molecular formula is C20H23N3O3. The molecule has 0 aliphatic heterocycles. The third-order valence-corrected chi connectivity index (χ3v) is 3.41. The number of ether oxygens (including phenoxy) is 1. The third-order valence-electron chi connectivity index (χ3n) is 3.41. The zero-order valence-corrected chi connectivity index (χ0v) is 15.0. The topological polar surface area (TPSA) is 79.5 Å². The molecule has 0 bridgehead atoms. The van der Waals surface area contributed by atoms with Gasteiger partial charge in [0.1, 0.15) is 12.4 Å². The lowest BCUT2D eigenvalue weighted by Gasteiger charge is -2.10. The lowest BCUT2D eigenvalue weighted by atomic mass is 10.2. The summed E-state index contributed by atoms with van der Waals surface area (Å²) in [7, 11) is 1.57. The van der Waals surface area contributed by atoms with E-state index >= 15 is 0 Å². The van der Waals surface area contributed by atoms with Crippen LogP contribution in [0.15, 0.2) is 60.7 Å². The van der Waals surface area contributed by atoms with Crippen molar-refractivity contribution in [2.45, 2.75) is 6.92 Å². The van der Waals surface area contributed by atoms with Gasteiger partial charge in [0.05, 0.1) is 6.54 Å². The minimum atomic E-state index is -0.201. The molecule has 2 aromatic rings. The molecule has 6 heteroatoms. The highest BCUT2D eigenvalue weighted by Crippen LogP contribution is 2.18. The van der Waals surface area contributed by atoms with Gasteiger partial charge in [-0.25, -0.2) is 0 Å². The zero-order valence-electron chi connectivity index (χ0n) is 15.0. The van der Waals surface area contributed by atoms with E-state index in [1.807, 2.05) is 19.1 Å². The summed E-state index contributed by atoms with van der Waals surface area (Å²) in [6.45, 7) is 6.18. The van der Waals surface area contributed by atoms with Crippen LogP contribution in [0, 0.1) is 0 Å². The van der Waals surface area contributed by atoms with Crippen LogP contribution in [0.2, 0.25) is 0 Å². The van der Waals surface area contributed by atoms with E-state index < -0.39 is 0 Å². The Labute approximate surface area is 153 Å². The second-order valence-electron chi connectivity index (χ2n) is 5.84. The molecule has 0 aromatic heterocycles. The molecule has 0 radical (unpaired) electrons. The first-order valence-electron chi connectivity index (χ1n) is 8.21. The maximum Gasteiger partial charge on any atom is 0.251 e. The van der Waals surface area contributed by atoms with Crippen molar-refractivity contribution in [1.82, 2.24) is 5.32 Å². The summed E-state index contributed by atoms with van der Waals surface area (Å²) in [6.07, 6.45) is 0. The van der Waals surface area contributed by atoms with Crippen LogP contribution in [-0.2, 0) is 4.79 Å². The van der Waals surface area contributed by atoms with Gasteiger partial charge in [-0.3, -0.25) is 9.59 Å². The first-order valence-corrected chi connectivity index (χ1v) is 8.21. The van der Waals surface area contributed by atoms with Gasteiger partial charge in [0, 0.05) is 30.1 Å². The molecule has 0 heterocycles. The number of rotatable bonds is 8. The Bertz CT molecular complexity index is 802. The number of anilines is 2. The van der Waals surface area contributed by atoms with E-state index in [2.05, 4.69) is 22.5 Å². The van der Waals surface area contributed by atoms with E-state index in [4.69, 9.17) is 4.74 Å². The van der Waals surface area contributed by atoms with Crippen molar-refractivity contribution in [3.63, 3.8) is 0 Å². The minimum absolute atomic E-state index is 0.0774. The zero-order chi connectivity index (χ0) is 18.9. The quantitative estimate of drug-likeness (QED) is 0.637. The number of benzene rings is 2. The van der Waals surface area contributed by atoms with Gasteiger partial charge in [-0.15, -0.1) is 0 Å². The Morgan fingerprint density at radius 3 is 2.54 bits per heavy atom. The van der Waals surface area contributed by atoms with Crippen LogP contribution in [-0.4, -0.2) is 32.0 Å². The molecule has 136 valence electrons. The van der Waals surface area contributed by atoms with Crippen molar-refractivity contribution in [2.75, 3.05) is 30.8 Å². The molecule has 0 unspecified atom stereocenters. The SMILES string of the molecule is C=C(C)COc1cccc(NC(=O)CNc2cccc(C(=O)NC)c2)c1. The number of nitrogens with one attached hydrogen (secondary N) is 3. The van der Waals surface area contributed by atoms with Gasteiger partial charge >= 0.3 is 0 Å². The van der Waals surface area contributed by atoms with Crippen molar-refractivity contribution in [2.24, 2.45) is 0 Å². The van der Waals surface area contributed by atoms with Gasteiger partial charge in [-0.2, -0.15) is 0 Å². The standard InChI is InChI=1S/C20H23N3O3/c1-14(2)13-26-18-9-5-8-17(11-18)23-19(24)12-22-16-7-4-6-15(10-16)20(25)21-3/h4-11,22H,1,12-13H2,2-3H3,(H,21,25)(H,23,24). The summed E-state index contributed by atoms with van der Waals surface area (Å²) in [6, 6.07) is 14.1. The summed E-state index contributed by atoms with van der Waals surface area (Å²) >= 11 is 0. The van der Waals surface area contributed by atoms with E-state index in [0.29, 0.717) is 29.3 Å². The van der Waals surface area contributed by atoms with Crippen molar-refractivity contribution in [1.29, 1.82) is 0 Å². The van der Waals surface area contributed by atoms with Crippen LogP contribution in [0.5, 0.6) is 5.75 Å². The number of carbonyl (C=O) groups excluding carboxylic acids is 2. The highest BCUT2D eigenvalue weighted by Gasteiger charge is 2.06. The van der Waals surface area contributed by atoms with Gasteiger partial charge in [0.25, 0.3) is 5.91 Å². The van der Waals surface area contributed by atoms with E-state index in [9.17, 15) is 9.59 Å². The smallest absolute Gasteiger partial charge is 0.251 e. The molecular weight excluding hydrogens is 330 g/mol. The van der Waals surface area contributed by atoms with E-state index in [1.54, 1.807) is 43.4 Å². The fraction of sp³-hybridized carbons (Fsp3) is 0.200. The molecule has 0 spiro atoms. The highest BCUT2D eigenvalue weighted by atomic mass is 16.5. The number of amides is 2. The number of hydrogen-bond donors (Lipinski definition) is 3. The first-order chi connectivity index (χ1) is 12.5. The van der Waals surface area contributed by atoms with Gasteiger partial charge in [-0.05, 0) is 42.8 Å². The number of carbonyl (C=O) groups is 2. The van der Waals surface area contributed by atoms with E-state index in [1.165, 1.54) is 0 Å². The lowest BCUT2D eigenvalue weighted by molar-refractivity contribution is -0.114. The van der Waals surface area contributed by atoms with Crippen LogP contribution in [0.4, 0.5) is 11.4 Å². The van der Waals surface area contributed by atoms with Crippen LogP contribution >= 0.6 is 0 Å². The summed E-state index contributed by atoms with van der Waals surface area (Å²) in [5.41, 5.74) is 2.79. The van der Waals surface area contributed by atoms with Gasteiger partial charge in [0.15, 0.2) is 0 Å².